The summed E-state index contributed by atoms with van der Waals surface area (Å²) in [4.78, 5) is 3.79. The third-order valence-electron chi connectivity index (χ3n) is 3.70. The highest BCUT2D eigenvalue weighted by atomic mass is 32.1. The summed E-state index contributed by atoms with van der Waals surface area (Å²) in [7, 11) is 4.35. The van der Waals surface area contributed by atoms with Gasteiger partial charge in [0.15, 0.2) is 0 Å². The van der Waals surface area contributed by atoms with E-state index in [0.29, 0.717) is 6.04 Å². The van der Waals surface area contributed by atoms with Crippen LogP contribution in [0.2, 0.25) is 0 Å². The molecule has 1 aliphatic carbocycles. The molecule has 3 heteroatoms. The molecule has 96 valence electrons. The van der Waals surface area contributed by atoms with Gasteiger partial charge in [0.05, 0.1) is 6.04 Å². The van der Waals surface area contributed by atoms with Gasteiger partial charge in [-0.25, -0.2) is 0 Å². The summed E-state index contributed by atoms with van der Waals surface area (Å²) in [6, 6.07) is 5.68. The highest BCUT2D eigenvalue weighted by molar-refractivity contribution is 7.10. The van der Waals surface area contributed by atoms with Crippen molar-refractivity contribution in [2.24, 2.45) is 0 Å². The Morgan fingerprint density at radius 3 is 2.71 bits per heavy atom. The van der Waals surface area contributed by atoms with Crippen molar-refractivity contribution in [2.45, 2.75) is 44.2 Å². The summed E-state index contributed by atoms with van der Waals surface area (Å²) in [6.45, 7) is 1.08. The molecule has 1 aromatic rings. The fourth-order valence-electron chi connectivity index (χ4n) is 2.60. The van der Waals surface area contributed by atoms with Crippen molar-refractivity contribution >= 4 is 11.3 Å². The Labute approximate surface area is 109 Å². The van der Waals surface area contributed by atoms with E-state index in [4.69, 9.17) is 0 Å². The predicted octanol–water partition coefficient (Wildman–Crippen LogP) is 3.27. The Balaban J connectivity index is 1.85. The maximum atomic E-state index is 3.76. The number of nitrogens with one attached hydrogen (secondary N) is 1. The van der Waals surface area contributed by atoms with Crippen LogP contribution in [0.5, 0.6) is 0 Å². The van der Waals surface area contributed by atoms with Crippen LogP contribution < -0.4 is 5.32 Å². The van der Waals surface area contributed by atoms with E-state index in [1.165, 1.54) is 37.0 Å². The summed E-state index contributed by atoms with van der Waals surface area (Å²) in [5.74, 6) is 0. The second-order valence-corrected chi connectivity index (χ2v) is 6.22. The molecule has 0 aromatic carbocycles. The average molecular weight is 252 g/mol. The standard InChI is InChI=1S/C14H24N2S/c1-16(2)13(14-9-6-10-17-14)11-15-12-7-4-3-5-8-12/h6,9-10,12-13,15H,3-5,7-8,11H2,1-2H3. The molecule has 2 nitrogen and oxygen atoms in total. The van der Waals surface area contributed by atoms with Crippen molar-refractivity contribution in [1.29, 1.82) is 0 Å². The van der Waals surface area contributed by atoms with Crippen molar-refractivity contribution in [3.8, 4) is 0 Å². The summed E-state index contributed by atoms with van der Waals surface area (Å²) in [5, 5.41) is 5.93. The molecule has 0 spiro atoms. The summed E-state index contributed by atoms with van der Waals surface area (Å²) < 4.78 is 0. The highest BCUT2D eigenvalue weighted by Gasteiger charge is 2.18. The van der Waals surface area contributed by atoms with E-state index in [1.807, 2.05) is 11.3 Å². The van der Waals surface area contributed by atoms with Crippen molar-refractivity contribution in [3.05, 3.63) is 22.4 Å². The second-order valence-electron chi connectivity index (χ2n) is 5.24. The number of thiophene rings is 1. The molecule has 1 heterocycles. The molecule has 1 aromatic heterocycles. The molecule has 1 atom stereocenters. The SMILES string of the molecule is CN(C)C(CNC1CCCCC1)c1cccs1. The van der Waals surface area contributed by atoms with Gasteiger partial charge in [-0.1, -0.05) is 25.3 Å². The van der Waals surface area contributed by atoms with Gasteiger partial charge in [0.25, 0.3) is 0 Å². The highest BCUT2D eigenvalue weighted by Crippen LogP contribution is 2.24. The minimum Gasteiger partial charge on any atom is -0.312 e. The Morgan fingerprint density at radius 2 is 2.12 bits per heavy atom. The van der Waals surface area contributed by atoms with Crippen LogP contribution in [0.4, 0.5) is 0 Å². The van der Waals surface area contributed by atoms with E-state index >= 15 is 0 Å². The monoisotopic (exact) mass is 252 g/mol. The van der Waals surface area contributed by atoms with Crippen molar-refractivity contribution in [3.63, 3.8) is 0 Å². The predicted molar refractivity (Wildman–Crippen MR) is 75.6 cm³/mol. The summed E-state index contributed by atoms with van der Waals surface area (Å²) >= 11 is 1.86. The Kier molecular flexibility index (Phi) is 5.01. The van der Waals surface area contributed by atoms with Crippen LogP contribution in [0, 0.1) is 0 Å². The van der Waals surface area contributed by atoms with Gasteiger partial charge in [-0.05, 0) is 38.4 Å². The molecule has 0 aliphatic heterocycles. The van der Waals surface area contributed by atoms with Crippen molar-refractivity contribution < 1.29 is 0 Å². The van der Waals surface area contributed by atoms with Crippen LogP contribution in [-0.2, 0) is 0 Å². The third kappa shape index (κ3) is 3.80. The molecule has 0 bridgehead atoms. The summed E-state index contributed by atoms with van der Waals surface area (Å²) in [6.07, 6.45) is 6.97. The quantitative estimate of drug-likeness (QED) is 0.865. The van der Waals surface area contributed by atoms with Crippen LogP contribution in [0.3, 0.4) is 0 Å². The molecular formula is C14H24N2S. The molecule has 1 fully saturated rings. The number of hydrogen-bond acceptors (Lipinski definition) is 3. The zero-order valence-corrected chi connectivity index (χ0v) is 11.8. The van der Waals surface area contributed by atoms with Crippen LogP contribution >= 0.6 is 11.3 Å². The Morgan fingerprint density at radius 1 is 1.35 bits per heavy atom. The van der Waals surface area contributed by atoms with E-state index < -0.39 is 0 Å². The fraction of sp³-hybridized carbons (Fsp3) is 0.714. The van der Waals surface area contributed by atoms with Gasteiger partial charge in [-0.15, -0.1) is 11.3 Å². The number of likely N-dealkylation sites (N-methyl/N-ethyl adjacent to an activating group) is 1. The lowest BCUT2D eigenvalue weighted by atomic mass is 9.95. The number of nitrogens with zero attached hydrogens (tertiary/aromatic N) is 1. The van der Waals surface area contributed by atoms with Gasteiger partial charge in [0.2, 0.25) is 0 Å². The Bertz CT molecular complexity index is 302. The topological polar surface area (TPSA) is 15.3 Å². The van der Waals surface area contributed by atoms with E-state index in [2.05, 4.69) is 41.8 Å². The number of rotatable bonds is 5. The molecule has 1 N–H and O–H groups in total. The average Bonchev–Trinajstić information content (AvgIpc) is 2.84. The molecule has 0 saturated heterocycles. The molecule has 2 rings (SSSR count). The zero-order valence-electron chi connectivity index (χ0n) is 11.0. The van der Waals surface area contributed by atoms with Crippen LogP contribution in [0.25, 0.3) is 0 Å². The molecule has 1 aliphatic rings. The lowest BCUT2D eigenvalue weighted by molar-refractivity contribution is 0.268. The maximum Gasteiger partial charge on any atom is 0.0561 e. The van der Waals surface area contributed by atoms with E-state index in [0.717, 1.165) is 12.6 Å². The molecular weight excluding hydrogens is 228 g/mol. The molecule has 0 amide bonds. The first-order chi connectivity index (χ1) is 8.27. The first-order valence-corrected chi connectivity index (χ1v) is 7.58. The first kappa shape index (κ1) is 13.1. The van der Waals surface area contributed by atoms with Gasteiger partial charge < -0.3 is 10.2 Å². The van der Waals surface area contributed by atoms with E-state index in [-0.39, 0.29) is 0 Å². The van der Waals surface area contributed by atoms with Gasteiger partial charge in [0.1, 0.15) is 0 Å². The normalized spacial score (nSPS) is 19.7. The maximum absolute atomic E-state index is 3.76. The van der Waals surface area contributed by atoms with Gasteiger partial charge in [-0.3, -0.25) is 0 Å². The smallest absolute Gasteiger partial charge is 0.0561 e. The molecule has 1 saturated carbocycles. The van der Waals surface area contributed by atoms with Crippen LogP contribution in [0.1, 0.15) is 43.0 Å². The van der Waals surface area contributed by atoms with Crippen LogP contribution in [-0.4, -0.2) is 31.6 Å². The Hall–Kier alpha value is -0.380. The first-order valence-electron chi connectivity index (χ1n) is 6.70. The minimum atomic E-state index is 0.525. The van der Waals surface area contributed by atoms with Crippen molar-refractivity contribution in [2.75, 3.05) is 20.6 Å². The van der Waals surface area contributed by atoms with Crippen LogP contribution in [0.15, 0.2) is 17.5 Å². The lowest BCUT2D eigenvalue weighted by Gasteiger charge is -2.28. The summed E-state index contributed by atoms with van der Waals surface area (Å²) in [5.41, 5.74) is 0. The van der Waals surface area contributed by atoms with Gasteiger partial charge in [-0.2, -0.15) is 0 Å². The van der Waals surface area contributed by atoms with Gasteiger partial charge in [0, 0.05) is 17.5 Å². The molecule has 1 unspecified atom stereocenters. The fourth-order valence-corrected chi connectivity index (χ4v) is 3.53. The second kappa shape index (κ2) is 6.53. The largest absolute Gasteiger partial charge is 0.312 e. The van der Waals surface area contributed by atoms with Gasteiger partial charge >= 0.3 is 0 Å². The minimum absolute atomic E-state index is 0.525. The van der Waals surface area contributed by atoms with E-state index in [1.54, 1.807) is 0 Å². The third-order valence-corrected chi connectivity index (χ3v) is 4.67. The van der Waals surface area contributed by atoms with Crippen molar-refractivity contribution in [1.82, 2.24) is 10.2 Å². The lowest BCUT2D eigenvalue weighted by Crippen LogP contribution is -2.37. The zero-order chi connectivity index (χ0) is 12.1. The molecule has 17 heavy (non-hydrogen) atoms. The number of hydrogen-bond donors (Lipinski definition) is 1. The molecule has 0 radical (unpaired) electrons. The van der Waals surface area contributed by atoms with E-state index in [9.17, 15) is 0 Å².